The lowest BCUT2D eigenvalue weighted by molar-refractivity contribution is -0.140. The Balaban J connectivity index is 1.78. The van der Waals surface area contributed by atoms with Crippen molar-refractivity contribution in [2.75, 3.05) is 0 Å². The van der Waals surface area contributed by atoms with Crippen molar-refractivity contribution in [3.63, 3.8) is 0 Å². The van der Waals surface area contributed by atoms with E-state index in [4.69, 9.17) is 0 Å². The Morgan fingerprint density at radius 3 is 2.52 bits per heavy atom. The molecule has 23 heavy (non-hydrogen) atoms. The summed E-state index contributed by atoms with van der Waals surface area (Å²) in [5, 5.41) is 2.82. The maximum atomic E-state index is 13.8. The molecular formula is C18H19F2NO2. The third kappa shape index (κ3) is 2.80. The van der Waals surface area contributed by atoms with E-state index in [0.717, 1.165) is 18.9 Å². The van der Waals surface area contributed by atoms with E-state index in [9.17, 15) is 18.4 Å². The third-order valence-corrected chi connectivity index (χ3v) is 4.96. The molecule has 1 heterocycles. The van der Waals surface area contributed by atoms with Gasteiger partial charge in [0.1, 0.15) is 17.0 Å². The molecule has 0 aromatic heterocycles. The molecule has 1 aliphatic carbocycles. The zero-order valence-corrected chi connectivity index (χ0v) is 13.0. The normalized spacial score (nSPS) is 21.3. The Morgan fingerprint density at radius 1 is 1.22 bits per heavy atom. The maximum Gasteiger partial charge on any atom is 0.238 e. The number of benzene rings is 1. The van der Waals surface area contributed by atoms with Gasteiger partial charge in [-0.05, 0) is 36.8 Å². The standard InChI is InChI=1S/C18H19F2NO2/c1-11(14-5-4-12(19)9-15(14)20)8-13-10-16(22)18(17(23)21-13)6-2-3-7-18/h4-5,9-11H,2-3,6-8H2,1H3,(H,21,23)/t11-/m1/s1. The van der Waals surface area contributed by atoms with E-state index in [1.807, 2.05) is 0 Å². The lowest BCUT2D eigenvalue weighted by atomic mass is 9.77. The molecule has 5 heteroatoms. The van der Waals surface area contributed by atoms with Gasteiger partial charge in [0.2, 0.25) is 5.91 Å². The number of ketones is 1. The zero-order chi connectivity index (χ0) is 16.6. The van der Waals surface area contributed by atoms with E-state index in [2.05, 4.69) is 5.32 Å². The summed E-state index contributed by atoms with van der Waals surface area (Å²) in [5.74, 6) is -1.88. The average Bonchev–Trinajstić information content (AvgIpc) is 2.96. The summed E-state index contributed by atoms with van der Waals surface area (Å²) in [4.78, 5) is 24.8. The Bertz CT molecular complexity index is 690. The van der Waals surface area contributed by atoms with Crippen molar-refractivity contribution >= 4 is 11.7 Å². The van der Waals surface area contributed by atoms with Crippen molar-refractivity contribution in [2.45, 2.75) is 44.9 Å². The fourth-order valence-electron chi connectivity index (χ4n) is 3.61. The van der Waals surface area contributed by atoms with Crippen molar-refractivity contribution in [2.24, 2.45) is 5.41 Å². The van der Waals surface area contributed by atoms with Crippen molar-refractivity contribution in [3.8, 4) is 0 Å². The third-order valence-electron chi connectivity index (χ3n) is 4.96. The molecule has 0 unspecified atom stereocenters. The van der Waals surface area contributed by atoms with Crippen molar-refractivity contribution < 1.29 is 18.4 Å². The fraction of sp³-hybridized carbons (Fsp3) is 0.444. The molecule has 1 aromatic carbocycles. The summed E-state index contributed by atoms with van der Waals surface area (Å²) >= 11 is 0. The number of hydrogen-bond donors (Lipinski definition) is 1. The van der Waals surface area contributed by atoms with Gasteiger partial charge in [-0.25, -0.2) is 8.78 Å². The van der Waals surface area contributed by atoms with Crippen molar-refractivity contribution in [3.05, 3.63) is 47.2 Å². The zero-order valence-electron chi connectivity index (χ0n) is 13.0. The highest BCUT2D eigenvalue weighted by Gasteiger charge is 2.48. The van der Waals surface area contributed by atoms with Gasteiger partial charge < -0.3 is 5.32 Å². The van der Waals surface area contributed by atoms with Crippen LogP contribution in [0.15, 0.2) is 30.0 Å². The van der Waals surface area contributed by atoms with Crippen LogP contribution in [-0.4, -0.2) is 11.7 Å². The molecule has 1 aromatic rings. The number of carbonyl (C=O) groups is 2. The van der Waals surface area contributed by atoms with Crippen LogP contribution in [0.5, 0.6) is 0 Å². The molecule has 0 radical (unpaired) electrons. The number of hydrogen-bond acceptors (Lipinski definition) is 2. The van der Waals surface area contributed by atoms with E-state index in [0.29, 0.717) is 30.5 Å². The minimum atomic E-state index is -0.881. The van der Waals surface area contributed by atoms with Gasteiger partial charge in [0.25, 0.3) is 0 Å². The minimum Gasteiger partial charge on any atom is -0.329 e. The molecule has 1 N–H and O–H groups in total. The van der Waals surface area contributed by atoms with Gasteiger partial charge in [-0.2, -0.15) is 0 Å². The molecule has 2 aliphatic rings. The van der Waals surface area contributed by atoms with Gasteiger partial charge in [-0.15, -0.1) is 0 Å². The first-order chi connectivity index (χ1) is 10.9. The molecule has 0 bridgehead atoms. The SMILES string of the molecule is C[C@H](CC1=CC(=O)C2(CCCC2)C(=O)N1)c1ccc(F)cc1F. The fourth-order valence-corrected chi connectivity index (χ4v) is 3.61. The van der Waals surface area contributed by atoms with Crippen LogP contribution in [0.2, 0.25) is 0 Å². The monoisotopic (exact) mass is 319 g/mol. The van der Waals surface area contributed by atoms with Crippen LogP contribution in [0.4, 0.5) is 8.78 Å². The van der Waals surface area contributed by atoms with Crippen LogP contribution in [0.1, 0.15) is 50.5 Å². The summed E-state index contributed by atoms with van der Waals surface area (Å²) in [5.41, 5.74) is -0.00248. The summed E-state index contributed by atoms with van der Waals surface area (Å²) in [6.07, 6.45) is 4.80. The topological polar surface area (TPSA) is 46.2 Å². The quantitative estimate of drug-likeness (QED) is 0.865. The molecule has 1 fully saturated rings. The maximum absolute atomic E-state index is 13.8. The van der Waals surface area contributed by atoms with Crippen molar-refractivity contribution in [1.82, 2.24) is 5.32 Å². The number of allylic oxidation sites excluding steroid dienone is 2. The number of amides is 1. The van der Waals surface area contributed by atoms with E-state index < -0.39 is 17.0 Å². The highest BCUT2D eigenvalue weighted by atomic mass is 19.1. The smallest absolute Gasteiger partial charge is 0.238 e. The van der Waals surface area contributed by atoms with Gasteiger partial charge in [-0.1, -0.05) is 25.8 Å². The van der Waals surface area contributed by atoms with E-state index in [-0.39, 0.29) is 17.6 Å². The lowest BCUT2D eigenvalue weighted by Crippen LogP contribution is -2.47. The Kier molecular flexibility index (Phi) is 4.04. The second kappa shape index (κ2) is 5.87. The number of nitrogens with one attached hydrogen (secondary N) is 1. The molecule has 3 nitrogen and oxygen atoms in total. The molecule has 1 atom stereocenters. The van der Waals surface area contributed by atoms with Gasteiger partial charge >= 0.3 is 0 Å². The Morgan fingerprint density at radius 2 is 1.91 bits per heavy atom. The minimum absolute atomic E-state index is 0.138. The van der Waals surface area contributed by atoms with E-state index in [1.165, 1.54) is 18.2 Å². The van der Waals surface area contributed by atoms with Crippen LogP contribution in [0, 0.1) is 17.0 Å². The second-order valence-electron chi connectivity index (χ2n) is 6.55. The molecule has 1 saturated carbocycles. The van der Waals surface area contributed by atoms with Crippen LogP contribution < -0.4 is 5.32 Å². The van der Waals surface area contributed by atoms with Gasteiger partial charge in [0.15, 0.2) is 5.78 Å². The molecule has 0 saturated heterocycles. The second-order valence-corrected chi connectivity index (χ2v) is 6.55. The van der Waals surface area contributed by atoms with Crippen LogP contribution in [0.25, 0.3) is 0 Å². The summed E-state index contributed by atoms with van der Waals surface area (Å²) in [6.45, 7) is 1.79. The van der Waals surface area contributed by atoms with E-state index >= 15 is 0 Å². The Hall–Kier alpha value is -2.04. The van der Waals surface area contributed by atoms with Crippen LogP contribution in [0.3, 0.4) is 0 Å². The van der Waals surface area contributed by atoms with Crippen LogP contribution in [-0.2, 0) is 9.59 Å². The van der Waals surface area contributed by atoms with Crippen molar-refractivity contribution in [1.29, 1.82) is 0 Å². The van der Waals surface area contributed by atoms with Gasteiger partial charge in [-0.3, -0.25) is 9.59 Å². The molecule has 1 aliphatic heterocycles. The number of rotatable bonds is 3. The molecule has 1 spiro atoms. The first-order valence-electron chi connectivity index (χ1n) is 7.94. The largest absolute Gasteiger partial charge is 0.329 e. The Labute approximate surface area is 133 Å². The van der Waals surface area contributed by atoms with Gasteiger partial charge in [0, 0.05) is 17.8 Å². The molecule has 3 rings (SSSR count). The first-order valence-corrected chi connectivity index (χ1v) is 7.94. The average molecular weight is 319 g/mol. The van der Waals surface area contributed by atoms with E-state index in [1.54, 1.807) is 6.92 Å². The predicted octanol–water partition coefficient (Wildman–Crippen LogP) is 3.60. The van der Waals surface area contributed by atoms with Crippen LogP contribution >= 0.6 is 0 Å². The number of carbonyl (C=O) groups excluding carboxylic acids is 2. The lowest BCUT2D eigenvalue weighted by Gasteiger charge is -2.30. The first kappa shape index (κ1) is 15.8. The predicted molar refractivity (Wildman–Crippen MR) is 81.5 cm³/mol. The van der Waals surface area contributed by atoms with Gasteiger partial charge in [0.05, 0.1) is 0 Å². The highest BCUT2D eigenvalue weighted by Crippen LogP contribution is 2.42. The summed E-state index contributed by atoms with van der Waals surface area (Å²) < 4.78 is 26.8. The molecular weight excluding hydrogens is 300 g/mol. The molecule has 122 valence electrons. The number of halogens is 2. The molecule has 1 amide bonds. The summed E-state index contributed by atoms with van der Waals surface area (Å²) in [7, 11) is 0. The highest BCUT2D eigenvalue weighted by molar-refractivity contribution is 6.14. The summed E-state index contributed by atoms with van der Waals surface area (Å²) in [6, 6.07) is 3.46.